The van der Waals surface area contributed by atoms with Crippen LogP contribution in [0, 0.1) is 0 Å². The molecule has 0 radical (unpaired) electrons. The van der Waals surface area contributed by atoms with Gasteiger partial charge in [0.15, 0.2) is 0 Å². The fourth-order valence-corrected chi connectivity index (χ4v) is 3.60. The molecule has 3 rings (SSSR count). The molecular weight excluding hydrogens is 328 g/mol. The summed E-state index contributed by atoms with van der Waals surface area (Å²) in [4.78, 5) is 21.7. The number of rotatable bonds is 6. The second kappa shape index (κ2) is 8.47. The summed E-state index contributed by atoms with van der Waals surface area (Å²) in [6.45, 7) is 2.42. The van der Waals surface area contributed by atoms with E-state index >= 15 is 0 Å². The molecule has 1 atom stereocenters. The highest BCUT2D eigenvalue weighted by atomic mass is 16.3. The quantitative estimate of drug-likeness (QED) is 0.827. The van der Waals surface area contributed by atoms with Crippen LogP contribution in [-0.4, -0.2) is 67.3 Å². The Morgan fingerprint density at radius 2 is 2.15 bits per heavy atom. The summed E-state index contributed by atoms with van der Waals surface area (Å²) in [5, 5.41) is 13.2. The summed E-state index contributed by atoms with van der Waals surface area (Å²) in [7, 11) is 3.85. The van der Waals surface area contributed by atoms with E-state index in [0.29, 0.717) is 24.7 Å². The first-order chi connectivity index (χ1) is 12.6. The van der Waals surface area contributed by atoms with Gasteiger partial charge in [-0.25, -0.2) is 4.98 Å². The zero-order valence-electron chi connectivity index (χ0n) is 15.6. The first kappa shape index (κ1) is 18.6. The number of carbonyl (C=O) groups is 1. The second-order valence-corrected chi connectivity index (χ2v) is 7.06. The van der Waals surface area contributed by atoms with E-state index in [1.807, 2.05) is 49.3 Å². The van der Waals surface area contributed by atoms with Crippen LogP contribution in [0.15, 0.2) is 30.3 Å². The molecule has 2 aromatic rings. The van der Waals surface area contributed by atoms with Crippen LogP contribution in [0.25, 0.3) is 10.9 Å². The SMILES string of the molecule is CN(C)c1cc(C(=O)NCC2CCCCN2CCO)c2ccccc2n1. The number of benzene rings is 1. The van der Waals surface area contributed by atoms with Gasteiger partial charge in [0, 0.05) is 38.6 Å². The summed E-state index contributed by atoms with van der Waals surface area (Å²) >= 11 is 0. The van der Waals surface area contributed by atoms with Crippen molar-refractivity contribution >= 4 is 22.6 Å². The van der Waals surface area contributed by atoms with Crippen molar-refractivity contribution in [1.82, 2.24) is 15.2 Å². The van der Waals surface area contributed by atoms with Crippen LogP contribution in [-0.2, 0) is 0 Å². The molecule has 6 nitrogen and oxygen atoms in total. The molecule has 1 unspecified atom stereocenters. The monoisotopic (exact) mass is 356 g/mol. The van der Waals surface area contributed by atoms with Gasteiger partial charge in [0.1, 0.15) is 5.82 Å². The molecule has 1 fully saturated rings. The second-order valence-electron chi connectivity index (χ2n) is 7.06. The maximum Gasteiger partial charge on any atom is 0.252 e. The van der Waals surface area contributed by atoms with Crippen molar-refractivity contribution in [2.45, 2.75) is 25.3 Å². The van der Waals surface area contributed by atoms with Crippen molar-refractivity contribution in [3.63, 3.8) is 0 Å². The molecule has 0 spiro atoms. The molecule has 1 amide bonds. The van der Waals surface area contributed by atoms with E-state index in [0.717, 1.165) is 36.1 Å². The summed E-state index contributed by atoms with van der Waals surface area (Å²) in [5.74, 6) is 0.703. The van der Waals surface area contributed by atoms with Gasteiger partial charge in [0.2, 0.25) is 0 Å². The van der Waals surface area contributed by atoms with Crippen LogP contribution >= 0.6 is 0 Å². The summed E-state index contributed by atoms with van der Waals surface area (Å²) in [6, 6.07) is 9.88. The number of hydrogen-bond donors (Lipinski definition) is 2. The predicted molar refractivity (Wildman–Crippen MR) is 105 cm³/mol. The number of nitrogens with zero attached hydrogens (tertiary/aromatic N) is 3. The van der Waals surface area contributed by atoms with Crippen LogP contribution in [0.5, 0.6) is 0 Å². The van der Waals surface area contributed by atoms with Crippen molar-refractivity contribution < 1.29 is 9.90 Å². The number of β-amino-alcohol motifs (C(OH)–C–C–N with tert-alkyl or cyclic N) is 1. The minimum absolute atomic E-state index is 0.0683. The van der Waals surface area contributed by atoms with Gasteiger partial charge in [-0.1, -0.05) is 24.6 Å². The standard InChI is InChI=1S/C20H28N4O2/c1-23(2)19-13-17(16-8-3-4-9-18(16)22-19)20(26)21-14-15-7-5-6-10-24(15)11-12-25/h3-4,8-9,13,15,25H,5-7,10-12,14H2,1-2H3,(H,21,26). The zero-order chi connectivity index (χ0) is 18.5. The van der Waals surface area contributed by atoms with Crippen molar-refractivity contribution in [1.29, 1.82) is 0 Å². The van der Waals surface area contributed by atoms with Crippen LogP contribution in [0.1, 0.15) is 29.6 Å². The molecule has 26 heavy (non-hydrogen) atoms. The molecule has 1 aliphatic heterocycles. The molecule has 2 N–H and O–H groups in total. The number of carbonyl (C=O) groups excluding carboxylic acids is 1. The third-order valence-corrected chi connectivity index (χ3v) is 5.04. The van der Waals surface area contributed by atoms with E-state index in [1.165, 1.54) is 6.42 Å². The molecule has 0 aliphatic carbocycles. The number of nitrogens with one attached hydrogen (secondary N) is 1. The average Bonchev–Trinajstić information content (AvgIpc) is 2.66. The van der Waals surface area contributed by atoms with Gasteiger partial charge < -0.3 is 15.3 Å². The van der Waals surface area contributed by atoms with Crippen LogP contribution < -0.4 is 10.2 Å². The van der Waals surface area contributed by atoms with E-state index in [-0.39, 0.29) is 12.5 Å². The van der Waals surface area contributed by atoms with Crippen molar-refractivity contribution in [3.05, 3.63) is 35.9 Å². The lowest BCUT2D eigenvalue weighted by Crippen LogP contribution is -2.47. The number of pyridine rings is 1. The Balaban J connectivity index is 1.79. The number of anilines is 1. The topological polar surface area (TPSA) is 68.7 Å². The fraction of sp³-hybridized carbons (Fsp3) is 0.500. The Morgan fingerprint density at radius 3 is 2.92 bits per heavy atom. The Bertz CT molecular complexity index is 761. The Hall–Kier alpha value is -2.18. The molecule has 2 heterocycles. The highest BCUT2D eigenvalue weighted by Gasteiger charge is 2.23. The maximum atomic E-state index is 12.9. The largest absolute Gasteiger partial charge is 0.395 e. The van der Waals surface area contributed by atoms with Crippen LogP contribution in [0.4, 0.5) is 5.82 Å². The average molecular weight is 356 g/mol. The van der Waals surface area contributed by atoms with E-state index in [9.17, 15) is 9.90 Å². The number of amides is 1. The molecule has 1 aromatic heterocycles. The van der Waals surface area contributed by atoms with E-state index in [2.05, 4.69) is 15.2 Å². The highest BCUT2D eigenvalue weighted by molar-refractivity contribution is 6.07. The third kappa shape index (κ3) is 4.14. The summed E-state index contributed by atoms with van der Waals surface area (Å²) in [6.07, 6.45) is 3.39. The van der Waals surface area contributed by atoms with Gasteiger partial charge in [0.05, 0.1) is 17.7 Å². The molecule has 0 bridgehead atoms. The predicted octanol–water partition coefficient (Wildman–Crippen LogP) is 1.88. The fourth-order valence-electron chi connectivity index (χ4n) is 3.60. The first-order valence-electron chi connectivity index (χ1n) is 9.30. The Kier molecular flexibility index (Phi) is 6.06. The zero-order valence-corrected chi connectivity index (χ0v) is 15.6. The van der Waals surface area contributed by atoms with Gasteiger partial charge in [-0.15, -0.1) is 0 Å². The smallest absolute Gasteiger partial charge is 0.252 e. The lowest BCUT2D eigenvalue weighted by molar-refractivity contribution is 0.0891. The van der Waals surface area contributed by atoms with Gasteiger partial charge in [-0.3, -0.25) is 9.69 Å². The van der Waals surface area contributed by atoms with E-state index in [1.54, 1.807) is 0 Å². The number of aromatic nitrogens is 1. The van der Waals surface area contributed by atoms with E-state index < -0.39 is 0 Å². The van der Waals surface area contributed by atoms with Crippen molar-refractivity contribution in [2.75, 3.05) is 45.2 Å². The van der Waals surface area contributed by atoms with Crippen molar-refractivity contribution in [2.24, 2.45) is 0 Å². The van der Waals surface area contributed by atoms with Crippen molar-refractivity contribution in [3.8, 4) is 0 Å². The number of hydrogen-bond acceptors (Lipinski definition) is 5. The molecular formula is C20H28N4O2. The van der Waals surface area contributed by atoms with Crippen LogP contribution in [0.3, 0.4) is 0 Å². The Labute approximate surface area is 154 Å². The molecule has 1 aromatic carbocycles. The number of likely N-dealkylation sites (tertiary alicyclic amines) is 1. The van der Waals surface area contributed by atoms with Gasteiger partial charge >= 0.3 is 0 Å². The normalized spacial score (nSPS) is 18.0. The number of fused-ring (bicyclic) bond motifs is 1. The Morgan fingerprint density at radius 1 is 1.35 bits per heavy atom. The number of para-hydroxylation sites is 1. The number of aliphatic hydroxyl groups is 1. The number of piperidine rings is 1. The summed E-state index contributed by atoms with van der Waals surface area (Å²) < 4.78 is 0. The first-order valence-corrected chi connectivity index (χ1v) is 9.30. The molecule has 140 valence electrons. The molecule has 1 aliphatic rings. The van der Waals surface area contributed by atoms with Crippen LogP contribution in [0.2, 0.25) is 0 Å². The minimum atomic E-state index is -0.0683. The van der Waals surface area contributed by atoms with Gasteiger partial charge in [0.25, 0.3) is 5.91 Å². The van der Waals surface area contributed by atoms with E-state index in [4.69, 9.17) is 0 Å². The summed E-state index contributed by atoms with van der Waals surface area (Å²) in [5.41, 5.74) is 1.48. The minimum Gasteiger partial charge on any atom is -0.395 e. The van der Waals surface area contributed by atoms with Gasteiger partial charge in [-0.05, 0) is 31.5 Å². The maximum absolute atomic E-state index is 12.9. The lowest BCUT2D eigenvalue weighted by atomic mass is 10.0. The molecule has 6 heteroatoms. The lowest BCUT2D eigenvalue weighted by Gasteiger charge is -2.35. The number of aliphatic hydroxyl groups excluding tert-OH is 1. The highest BCUT2D eigenvalue weighted by Crippen LogP contribution is 2.22. The molecule has 1 saturated heterocycles. The third-order valence-electron chi connectivity index (χ3n) is 5.04. The molecule has 0 saturated carbocycles. The van der Waals surface area contributed by atoms with Gasteiger partial charge in [-0.2, -0.15) is 0 Å².